The van der Waals surface area contributed by atoms with E-state index in [-0.39, 0.29) is 11.8 Å². The van der Waals surface area contributed by atoms with Crippen molar-refractivity contribution in [1.29, 1.82) is 0 Å². The van der Waals surface area contributed by atoms with Gasteiger partial charge in [-0.05, 0) is 60.9 Å². The van der Waals surface area contributed by atoms with Crippen LogP contribution in [0.4, 0.5) is 23.0 Å². The minimum atomic E-state index is -0.0515. The van der Waals surface area contributed by atoms with Crippen LogP contribution in [0.25, 0.3) is 11.3 Å². The minimum absolute atomic E-state index is 0.0515. The second-order valence-electron chi connectivity index (χ2n) is 10.3. The maximum atomic E-state index is 12.4. The summed E-state index contributed by atoms with van der Waals surface area (Å²) < 4.78 is 0. The Labute approximate surface area is 234 Å². The summed E-state index contributed by atoms with van der Waals surface area (Å²) in [6.07, 6.45) is 4.18. The minimum Gasteiger partial charge on any atom is -0.368 e. The van der Waals surface area contributed by atoms with Gasteiger partial charge in [-0.25, -0.2) is 9.97 Å². The first-order chi connectivity index (χ1) is 19.6. The van der Waals surface area contributed by atoms with Crippen LogP contribution in [0.2, 0.25) is 0 Å². The summed E-state index contributed by atoms with van der Waals surface area (Å²) >= 11 is 0. The lowest BCUT2D eigenvalue weighted by Crippen LogP contribution is -2.49. The molecule has 202 valence electrons. The predicted molar refractivity (Wildman–Crippen MR) is 157 cm³/mol. The van der Waals surface area contributed by atoms with Gasteiger partial charge in [0.1, 0.15) is 0 Å². The third-order valence-electron chi connectivity index (χ3n) is 7.33. The fourth-order valence-corrected chi connectivity index (χ4v) is 4.95. The Morgan fingerprint density at radius 3 is 2.20 bits per heavy atom. The number of piperazine rings is 1. The van der Waals surface area contributed by atoms with Gasteiger partial charge < -0.3 is 20.4 Å². The van der Waals surface area contributed by atoms with Crippen molar-refractivity contribution in [2.24, 2.45) is 5.92 Å². The average Bonchev–Trinajstić information content (AvgIpc) is 3.84. The summed E-state index contributed by atoms with van der Waals surface area (Å²) in [7, 11) is 0. The summed E-state index contributed by atoms with van der Waals surface area (Å²) in [6.45, 7) is 3.28. The number of aromatic nitrogens is 2. The maximum Gasteiger partial charge on any atom is 0.228 e. The average molecular weight is 533 g/mol. The Balaban J connectivity index is 1.03. The van der Waals surface area contributed by atoms with E-state index in [4.69, 9.17) is 0 Å². The molecule has 1 saturated carbocycles. The van der Waals surface area contributed by atoms with Crippen LogP contribution >= 0.6 is 0 Å². The monoisotopic (exact) mass is 532 g/mol. The zero-order valence-corrected chi connectivity index (χ0v) is 22.3. The summed E-state index contributed by atoms with van der Waals surface area (Å²) in [5.41, 5.74) is 5.49. The molecule has 2 heterocycles. The van der Waals surface area contributed by atoms with E-state index in [0.717, 1.165) is 72.9 Å². The van der Waals surface area contributed by atoms with Gasteiger partial charge in [0.15, 0.2) is 0 Å². The van der Waals surface area contributed by atoms with Gasteiger partial charge in [0.25, 0.3) is 0 Å². The summed E-state index contributed by atoms with van der Waals surface area (Å²) in [6, 6.07) is 27.4. The molecule has 1 aromatic heterocycles. The van der Waals surface area contributed by atoms with E-state index in [1.165, 1.54) is 0 Å². The van der Waals surface area contributed by atoms with Crippen LogP contribution in [-0.2, 0) is 16.0 Å². The SMILES string of the molecule is O=C(Cc1ccccc1)Nc1ccc(-c2ccnc(Nc3ccc(N4CCN(C(=O)C5CC5)CC4)cc3)n2)cc1. The van der Waals surface area contributed by atoms with Crippen LogP contribution in [0.15, 0.2) is 91.1 Å². The normalized spacial score (nSPS) is 15.0. The topological polar surface area (TPSA) is 90.5 Å². The van der Waals surface area contributed by atoms with Crippen molar-refractivity contribution in [2.75, 3.05) is 41.7 Å². The lowest BCUT2D eigenvalue weighted by Gasteiger charge is -2.36. The van der Waals surface area contributed by atoms with Crippen LogP contribution in [0.5, 0.6) is 0 Å². The van der Waals surface area contributed by atoms with Crippen molar-refractivity contribution in [3.8, 4) is 11.3 Å². The highest BCUT2D eigenvalue weighted by atomic mass is 16.2. The van der Waals surface area contributed by atoms with Gasteiger partial charge in [0.05, 0.1) is 12.1 Å². The maximum absolute atomic E-state index is 12.4. The molecule has 6 rings (SSSR count). The number of nitrogens with zero attached hydrogens (tertiary/aromatic N) is 4. The highest BCUT2D eigenvalue weighted by molar-refractivity contribution is 5.92. The van der Waals surface area contributed by atoms with E-state index in [9.17, 15) is 9.59 Å². The molecule has 0 spiro atoms. The van der Waals surface area contributed by atoms with Crippen molar-refractivity contribution in [1.82, 2.24) is 14.9 Å². The van der Waals surface area contributed by atoms with Crippen LogP contribution < -0.4 is 15.5 Å². The van der Waals surface area contributed by atoms with E-state index in [0.29, 0.717) is 18.3 Å². The molecule has 0 bridgehead atoms. The third-order valence-corrected chi connectivity index (χ3v) is 7.33. The van der Waals surface area contributed by atoms with Crippen molar-refractivity contribution < 1.29 is 9.59 Å². The molecule has 40 heavy (non-hydrogen) atoms. The van der Waals surface area contributed by atoms with Crippen LogP contribution in [0, 0.1) is 5.92 Å². The van der Waals surface area contributed by atoms with Crippen molar-refractivity contribution in [2.45, 2.75) is 19.3 Å². The number of amides is 2. The fraction of sp³-hybridized carbons (Fsp3) is 0.250. The molecule has 8 heteroatoms. The quantitative estimate of drug-likeness (QED) is 0.327. The Hall–Kier alpha value is -4.72. The fourth-order valence-electron chi connectivity index (χ4n) is 4.95. The van der Waals surface area contributed by atoms with E-state index in [2.05, 4.69) is 37.6 Å². The van der Waals surface area contributed by atoms with E-state index < -0.39 is 0 Å². The van der Waals surface area contributed by atoms with Crippen LogP contribution in [-0.4, -0.2) is 52.9 Å². The zero-order valence-electron chi connectivity index (χ0n) is 22.3. The number of carbonyl (C=O) groups excluding carboxylic acids is 2. The molecule has 1 aliphatic heterocycles. The number of hydrogen-bond donors (Lipinski definition) is 2. The smallest absolute Gasteiger partial charge is 0.228 e. The Kier molecular flexibility index (Phi) is 7.39. The molecule has 4 aromatic rings. The number of nitrogens with one attached hydrogen (secondary N) is 2. The highest BCUT2D eigenvalue weighted by Crippen LogP contribution is 2.31. The van der Waals surface area contributed by atoms with Gasteiger partial charge in [0, 0.05) is 60.9 Å². The molecule has 2 amide bonds. The van der Waals surface area contributed by atoms with Gasteiger partial charge in [-0.1, -0.05) is 42.5 Å². The Morgan fingerprint density at radius 2 is 1.50 bits per heavy atom. The molecule has 2 fully saturated rings. The summed E-state index contributed by atoms with van der Waals surface area (Å²) in [4.78, 5) is 38.1. The standard InChI is InChI=1S/C32H32N6O2/c39-30(22-23-4-2-1-3-5-23)34-26-10-8-24(9-11-26)29-16-17-33-32(36-29)35-27-12-14-28(15-13-27)37-18-20-38(21-19-37)31(40)25-6-7-25/h1-5,8-17,25H,6-7,18-22H2,(H,34,39)(H,33,35,36). The number of anilines is 4. The van der Waals surface area contributed by atoms with Gasteiger partial charge in [-0.15, -0.1) is 0 Å². The molecule has 0 atom stereocenters. The van der Waals surface area contributed by atoms with E-state index in [1.807, 2.05) is 77.7 Å². The van der Waals surface area contributed by atoms with Crippen molar-refractivity contribution in [3.05, 3.63) is 96.7 Å². The van der Waals surface area contributed by atoms with Crippen molar-refractivity contribution >= 4 is 34.8 Å². The van der Waals surface area contributed by atoms with Crippen LogP contribution in [0.1, 0.15) is 18.4 Å². The molecular formula is C32H32N6O2. The molecule has 8 nitrogen and oxygen atoms in total. The first-order valence-electron chi connectivity index (χ1n) is 13.8. The molecule has 1 aliphatic carbocycles. The first-order valence-corrected chi connectivity index (χ1v) is 13.8. The van der Waals surface area contributed by atoms with Crippen molar-refractivity contribution in [3.63, 3.8) is 0 Å². The molecule has 2 N–H and O–H groups in total. The molecular weight excluding hydrogens is 500 g/mol. The third kappa shape index (κ3) is 6.29. The molecule has 1 saturated heterocycles. The second-order valence-corrected chi connectivity index (χ2v) is 10.3. The second kappa shape index (κ2) is 11.6. The number of benzene rings is 3. The van der Waals surface area contributed by atoms with Gasteiger partial charge >= 0.3 is 0 Å². The Bertz CT molecular complexity index is 1460. The van der Waals surface area contributed by atoms with Gasteiger partial charge in [-0.3, -0.25) is 9.59 Å². The number of rotatable bonds is 8. The molecule has 0 radical (unpaired) electrons. The molecule has 0 unspecified atom stereocenters. The Morgan fingerprint density at radius 1 is 0.800 bits per heavy atom. The van der Waals surface area contributed by atoms with E-state index in [1.54, 1.807) is 6.20 Å². The van der Waals surface area contributed by atoms with Crippen LogP contribution in [0.3, 0.4) is 0 Å². The highest BCUT2D eigenvalue weighted by Gasteiger charge is 2.34. The van der Waals surface area contributed by atoms with Gasteiger partial charge in [0.2, 0.25) is 17.8 Å². The number of carbonyl (C=O) groups is 2. The van der Waals surface area contributed by atoms with Gasteiger partial charge in [-0.2, -0.15) is 0 Å². The lowest BCUT2D eigenvalue weighted by molar-refractivity contribution is -0.132. The first kappa shape index (κ1) is 25.6. The zero-order chi connectivity index (χ0) is 27.3. The summed E-state index contributed by atoms with van der Waals surface area (Å²) in [5, 5.41) is 6.25. The largest absolute Gasteiger partial charge is 0.368 e. The number of hydrogen-bond acceptors (Lipinski definition) is 6. The molecule has 2 aliphatic rings. The molecule has 3 aromatic carbocycles. The lowest BCUT2D eigenvalue weighted by atomic mass is 10.1. The predicted octanol–water partition coefficient (Wildman–Crippen LogP) is 5.13. The summed E-state index contributed by atoms with van der Waals surface area (Å²) in [5.74, 6) is 1.08. The van der Waals surface area contributed by atoms with E-state index >= 15 is 0 Å².